The fraction of sp³-hybridized carbons (Fsp3) is 0.333. The summed E-state index contributed by atoms with van der Waals surface area (Å²) in [6.45, 7) is 0. The van der Waals surface area contributed by atoms with E-state index in [1.165, 1.54) is 12.5 Å². The van der Waals surface area contributed by atoms with Crippen molar-refractivity contribution in [2.45, 2.75) is 37.8 Å². The van der Waals surface area contributed by atoms with Crippen molar-refractivity contribution in [1.29, 1.82) is 0 Å². The third-order valence-electron chi connectivity index (χ3n) is 4.68. The Morgan fingerprint density at radius 1 is 1.00 bits per heavy atom. The van der Waals surface area contributed by atoms with Crippen molar-refractivity contribution >= 4 is 17.1 Å². The van der Waals surface area contributed by atoms with E-state index in [0.29, 0.717) is 11.0 Å². The van der Waals surface area contributed by atoms with Crippen LogP contribution in [0.5, 0.6) is 0 Å². The lowest BCUT2D eigenvalue weighted by Gasteiger charge is -2.27. The van der Waals surface area contributed by atoms with Crippen molar-refractivity contribution in [2.75, 3.05) is 5.32 Å². The molecule has 2 aromatic carbocycles. The van der Waals surface area contributed by atoms with E-state index in [2.05, 4.69) is 5.32 Å². The Morgan fingerprint density at radius 2 is 1.75 bits per heavy atom. The highest BCUT2D eigenvalue weighted by atomic mass is 16.6. The zero-order valence-corrected chi connectivity index (χ0v) is 13.2. The lowest BCUT2D eigenvalue weighted by atomic mass is 9.90. The van der Waals surface area contributed by atoms with Crippen LogP contribution >= 0.6 is 0 Å². The Hall–Kier alpha value is -2.76. The zero-order valence-electron chi connectivity index (χ0n) is 13.2. The molecule has 2 aliphatic rings. The third kappa shape index (κ3) is 2.54. The van der Waals surface area contributed by atoms with Gasteiger partial charge in [-0.1, -0.05) is 24.6 Å². The highest BCUT2D eigenvalue weighted by Crippen LogP contribution is 2.34. The molecule has 1 fully saturated rings. The van der Waals surface area contributed by atoms with Crippen LogP contribution in [0, 0.1) is 10.1 Å². The van der Waals surface area contributed by atoms with Crippen molar-refractivity contribution < 1.29 is 4.92 Å². The number of nitro groups is 1. The van der Waals surface area contributed by atoms with Gasteiger partial charge in [-0.15, -0.1) is 0 Å². The minimum absolute atomic E-state index is 0.0319. The molecule has 0 aromatic heterocycles. The number of fused-ring (bicyclic) bond motifs is 1. The first-order valence-electron chi connectivity index (χ1n) is 8.26. The molecule has 0 bridgehead atoms. The smallest absolute Gasteiger partial charge is 0.295 e. The summed E-state index contributed by atoms with van der Waals surface area (Å²) in [6.07, 6.45) is 5.24. The molecule has 2 aromatic rings. The minimum atomic E-state index is -0.414. The lowest BCUT2D eigenvalue weighted by Crippen LogP contribution is -2.26. The number of hydrogen-bond donors (Lipinski definition) is 1. The number of anilines is 2. The Balaban J connectivity index is 1.87. The summed E-state index contributed by atoms with van der Waals surface area (Å²) in [6, 6.07) is 12.7. The molecule has 0 radical (unpaired) electrons. The van der Waals surface area contributed by atoms with Crippen molar-refractivity contribution in [3.05, 3.63) is 63.3 Å². The normalized spacial score (nSPS) is 17.7. The van der Waals surface area contributed by atoms with Crippen LogP contribution in [0.2, 0.25) is 0 Å². The molecule has 24 heavy (non-hydrogen) atoms. The van der Waals surface area contributed by atoms with Crippen LogP contribution < -0.4 is 16.0 Å². The molecular formula is C18H18N4O2. The van der Waals surface area contributed by atoms with Crippen molar-refractivity contribution in [3.63, 3.8) is 0 Å². The summed E-state index contributed by atoms with van der Waals surface area (Å²) < 4.78 is 0. The van der Waals surface area contributed by atoms with E-state index >= 15 is 0 Å². The highest BCUT2D eigenvalue weighted by Gasteiger charge is 2.34. The third-order valence-corrected chi connectivity index (χ3v) is 4.68. The molecule has 0 atom stereocenters. The molecule has 1 heterocycles. The van der Waals surface area contributed by atoms with Gasteiger partial charge in [-0.2, -0.15) is 0 Å². The summed E-state index contributed by atoms with van der Waals surface area (Å²) in [5, 5.41) is 16.0. The SMILES string of the molecule is O=[N+]([O-])c1ccc2c(c1Nc1ccccc1)=NC1(CCCCC1)N=2. The Kier molecular flexibility index (Phi) is 3.52. The van der Waals surface area contributed by atoms with Gasteiger partial charge in [0.25, 0.3) is 5.69 Å². The number of nitrogens with one attached hydrogen (secondary N) is 1. The minimum Gasteiger partial charge on any atom is -0.348 e. The zero-order chi connectivity index (χ0) is 16.6. The van der Waals surface area contributed by atoms with Gasteiger partial charge in [-0.25, -0.2) is 0 Å². The van der Waals surface area contributed by atoms with Crippen LogP contribution in [0.15, 0.2) is 52.4 Å². The predicted octanol–water partition coefficient (Wildman–Crippen LogP) is 3.25. The number of para-hydroxylation sites is 1. The van der Waals surface area contributed by atoms with E-state index in [1.807, 2.05) is 30.3 Å². The maximum Gasteiger partial charge on any atom is 0.295 e. The second-order valence-corrected chi connectivity index (χ2v) is 6.34. The number of rotatable bonds is 3. The standard InChI is InChI=1S/C18H18N4O2/c23-22(24)15-10-9-14-16(17(15)19-13-7-3-1-4-8-13)21-18(20-14)11-5-2-6-12-18/h1,3-4,7-10,19H,2,5-6,11-12H2. The van der Waals surface area contributed by atoms with Gasteiger partial charge >= 0.3 is 0 Å². The van der Waals surface area contributed by atoms with Gasteiger partial charge < -0.3 is 5.32 Å². The van der Waals surface area contributed by atoms with Gasteiger partial charge in [0.15, 0.2) is 5.66 Å². The highest BCUT2D eigenvalue weighted by molar-refractivity contribution is 5.69. The summed E-state index contributed by atoms with van der Waals surface area (Å²) >= 11 is 0. The number of nitrogens with zero attached hydrogens (tertiary/aromatic N) is 3. The Labute approximate surface area is 139 Å². The molecule has 0 saturated heterocycles. The topological polar surface area (TPSA) is 79.9 Å². The molecule has 4 rings (SSSR count). The molecule has 1 aliphatic heterocycles. The molecule has 1 aliphatic carbocycles. The summed E-state index contributed by atoms with van der Waals surface area (Å²) in [7, 11) is 0. The van der Waals surface area contributed by atoms with Gasteiger partial charge in [0.05, 0.1) is 10.3 Å². The molecule has 0 amide bonds. The largest absolute Gasteiger partial charge is 0.348 e. The quantitative estimate of drug-likeness (QED) is 0.696. The Morgan fingerprint density at radius 3 is 2.46 bits per heavy atom. The predicted molar refractivity (Wildman–Crippen MR) is 90.9 cm³/mol. The molecular weight excluding hydrogens is 304 g/mol. The van der Waals surface area contributed by atoms with Gasteiger partial charge in [0.2, 0.25) is 0 Å². The van der Waals surface area contributed by atoms with Crippen LogP contribution in [0.25, 0.3) is 0 Å². The molecule has 1 spiro atoms. The lowest BCUT2D eigenvalue weighted by molar-refractivity contribution is -0.384. The molecule has 1 saturated carbocycles. The monoisotopic (exact) mass is 322 g/mol. The van der Waals surface area contributed by atoms with Crippen LogP contribution in [-0.4, -0.2) is 10.6 Å². The summed E-state index contributed by atoms with van der Waals surface area (Å²) in [5.41, 5.74) is 0.858. The van der Waals surface area contributed by atoms with E-state index in [9.17, 15) is 10.1 Å². The van der Waals surface area contributed by atoms with E-state index in [1.54, 1.807) is 6.07 Å². The van der Waals surface area contributed by atoms with E-state index < -0.39 is 5.66 Å². The van der Waals surface area contributed by atoms with Gasteiger partial charge in [-0.05, 0) is 43.9 Å². The molecule has 122 valence electrons. The van der Waals surface area contributed by atoms with Crippen molar-refractivity contribution in [1.82, 2.24) is 0 Å². The molecule has 6 heteroatoms. The van der Waals surface area contributed by atoms with E-state index in [4.69, 9.17) is 9.98 Å². The van der Waals surface area contributed by atoms with Gasteiger partial charge in [-0.3, -0.25) is 20.1 Å². The van der Waals surface area contributed by atoms with Crippen LogP contribution in [-0.2, 0) is 0 Å². The number of nitro benzene ring substituents is 1. The summed E-state index contributed by atoms with van der Waals surface area (Å²) in [4.78, 5) is 20.8. The number of benzene rings is 2. The second-order valence-electron chi connectivity index (χ2n) is 6.34. The van der Waals surface area contributed by atoms with E-state index in [0.717, 1.165) is 36.7 Å². The molecule has 1 N–H and O–H groups in total. The van der Waals surface area contributed by atoms with E-state index in [-0.39, 0.29) is 10.6 Å². The van der Waals surface area contributed by atoms with Gasteiger partial charge in [0, 0.05) is 11.8 Å². The average molecular weight is 322 g/mol. The number of hydrogen-bond acceptors (Lipinski definition) is 5. The van der Waals surface area contributed by atoms with Gasteiger partial charge in [0.1, 0.15) is 11.0 Å². The average Bonchev–Trinajstić information content (AvgIpc) is 2.94. The first-order chi connectivity index (χ1) is 11.7. The maximum atomic E-state index is 11.5. The van der Waals surface area contributed by atoms with Crippen LogP contribution in [0.1, 0.15) is 32.1 Å². The van der Waals surface area contributed by atoms with Crippen LogP contribution in [0.3, 0.4) is 0 Å². The summed E-state index contributed by atoms with van der Waals surface area (Å²) in [5.74, 6) is 0. The first-order valence-corrected chi connectivity index (χ1v) is 8.26. The fourth-order valence-corrected chi connectivity index (χ4v) is 3.51. The fourth-order valence-electron chi connectivity index (χ4n) is 3.51. The molecule has 6 nitrogen and oxygen atoms in total. The van der Waals surface area contributed by atoms with Crippen molar-refractivity contribution in [2.24, 2.45) is 9.98 Å². The second kappa shape index (κ2) is 5.70. The Bertz CT molecular complexity index is 903. The molecule has 0 unspecified atom stereocenters. The van der Waals surface area contributed by atoms with Crippen LogP contribution in [0.4, 0.5) is 17.1 Å². The van der Waals surface area contributed by atoms with Crippen molar-refractivity contribution in [3.8, 4) is 0 Å². The maximum absolute atomic E-state index is 11.5. The first kappa shape index (κ1) is 14.8.